The summed E-state index contributed by atoms with van der Waals surface area (Å²) < 4.78 is 1.08. The van der Waals surface area contributed by atoms with Crippen molar-refractivity contribution in [1.82, 2.24) is 25.0 Å². The molecule has 1 aliphatic carbocycles. The fourth-order valence-electron chi connectivity index (χ4n) is 5.89. The largest absolute Gasteiger partial charge is 0.349 e. The number of amides is 3. The first-order chi connectivity index (χ1) is 16.3. The number of rotatable bonds is 8. The van der Waals surface area contributed by atoms with E-state index < -0.39 is 0 Å². The number of fused-ring (bicyclic) bond motifs is 2. The van der Waals surface area contributed by atoms with Crippen LogP contribution < -0.4 is 5.32 Å². The molecule has 7 nitrogen and oxygen atoms in total. The third kappa shape index (κ3) is 4.90. The molecule has 1 aromatic heterocycles. The summed E-state index contributed by atoms with van der Waals surface area (Å²) in [5, 5.41) is 4.17. The average Bonchev–Trinajstić information content (AvgIpc) is 3.13. The smallest absolute Gasteiger partial charge is 0.324 e. The summed E-state index contributed by atoms with van der Waals surface area (Å²) in [6, 6.07) is 6.59. The molecule has 0 saturated carbocycles. The van der Waals surface area contributed by atoms with Crippen LogP contribution in [0, 0.1) is 5.92 Å². The van der Waals surface area contributed by atoms with Crippen molar-refractivity contribution in [1.29, 1.82) is 0 Å². The van der Waals surface area contributed by atoms with Gasteiger partial charge in [-0.2, -0.15) is 0 Å². The Morgan fingerprint density at radius 2 is 2.03 bits per heavy atom. The molecule has 186 valence electrons. The van der Waals surface area contributed by atoms with E-state index in [1.54, 1.807) is 0 Å². The zero-order valence-corrected chi connectivity index (χ0v) is 22.5. The minimum Gasteiger partial charge on any atom is -0.349 e. The number of carbonyl (C=O) groups excluding carboxylic acids is 2. The molecule has 8 heteroatoms. The molecule has 3 amide bonds. The van der Waals surface area contributed by atoms with Crippen molar-refractivity contribution in [3.8, 4) is 0 Å². The van der Waals surface area contributed by atoms with Gasteiger partial charge in [0.25, 0.3) is 0 Å². The van der Waals surface area contributed by atoms with Crippen molar-refractivity contribution in [3.63, 3.8) is 0 Å². The summed E-state index contributed by atoms with van der Waals surface area (Å²) in [6.45, 7) is 7.57. The van der Waals surface area contributed by atoms with Crippen LogP contribution in [0.5, 0.6) is 0 Å². The van der Waals surface area contributed by atoms with Crippen molar-refractivity contribution in [3.05, 3.63) is 33.9 Å². The first-order valence-corrected chi connectivity index (χ1v) is 13.4. The molecule has 0 spiro atoms. The minimum atomic E-state index is -0.266. The van der Waals surface area contributed by atoms with Gasteiger partial charge in [0.05, 0.1) is 10.5 Å². The molecule has 2 aliphatic rings. The maximum Gasteiger partial charge on any atom is 0.324 e. The Hall–Kier alpha value is -1.90. The van der Waals surface area contributed by atoms with Gasteiger partial charge >= 0.3 is 6.03 Å². The lowest BCUT2D eigenvalue weighted by atomic mass is 9.72. The standard InChI is InChI=1S/C26H38BrN5O2/c1-5-11-31-16-17(25(33)32(26(34)28-6-2)13-8-12-30(3)4)14-19-18-9-7-10-21-23(18)20(15-22(19)31)24(27)29-21/h7,9-10,17,19,22,29H,5-6,8,11-16H2,1-4H3,(H,28,34)/t17-,19?,22-/m1/s1. The number of likely N-dealkylation sites (tertiary alicyclic amines) is 1. The van der Waals surface area contributed by atoms with Crippen LogP contribution in [0.4, 0.5) is 4.79 Å². The number of aromatic amines is 1. The summed E-state index contributed by atoms with van der Waals surface area (Å²) in [7, 11) is 4.03. The zero-order chi connectivity index (χ0) is 24.4. The zero-order valence-electron chi connectivity index (χ0n) is 20.9. The maximum absolute atomic E-state index is 13.8. The predicted octanol–water partition coefficient (Wildman–Crippen LogP) is 4.18. The Bertz CT molecular complexity index is 1040. The molecule has 2 heterocycles. The molecule has 1 aromatic carbocycles. The summed E-state index contributed by atoms with van der Waals surface area (Å²) in [4.78, 5) is 36.3. The quantitative estimate of drug-likeness (QED) is 0.535. The number of H-pyrrole nitrogens is 1. The van der Waals surface area contributed by atoms with E-state index in [-0.39, 0.29) is 23.8 Å². The molecule has 1 unspecified atom stereocenters. The Balaban J connectivity index is 1.63. The van der Waals surface area contributed by atoms with E-state index in [2.05, 4.69) is 61.2 Å². The van der Waals surface area contributed by atoms with Crippen molar-refractivity contribution >= 4 is 38.8 Å². The second-order valence-corrected chi connectivity index (χ2v) is 10.8. The van der Waals surface area contributed by atoms with Gasteiger partial charge in [0.1, 0.15) is 0 Å². The number of hydrogen-bond donors (Lipinski definition) is 2. The van der Waals surface area contributed by atoms with Crippen LogP contribution in [0.25, 0.3) is 10.9 Å². The predicted molar refractivity (Wildman–Crippen MR) is 140 cm³/mol. The van der Waals surface area contributed by atoms with Crippen LogP contribution in [0.15, 0.2) is 22.8 Å². The molecule has 2 N–H and O–H groups in total. The molecule has 4 rings (SSSR count). The molecule has 3 atom stereocenters. The first-order valence-electron chi connectivity index (χ1n) is 12.6. The van der Waals surface area contributed by atoms with E-state index in [0.717, 1.165) is 48.9 Å². The lowest BCUT2D eigenvalue weighted by Gasteiger charge is -2.47. The highest BCUT2D eigenvalue weighted by atomic mass is 79.9. The Kier molecular flexibility index (Phi) is 8.00. The van der Waals surface area contributed by atoms with Crippen molar-refractivity contribution in [2.75, 3.05) is 46.8 Å². The summed E-state index contributed by atoms with van der Waals surface area (Å²) >= 11 is 3.75. The Morgan fingerprint density at radius 3 is 2.74 bits per heavy atom. The highest BCUT2D eigenvalue weighted by Gasteiger charge is 2.44. The van der Waals surface area contributed by atoms with Crippen LogP contribution in [0.2, 0.25) is 0 Å². The van der Waals surface area contributed by atoms with Gasteiger partial charge in [-0.25, -0.2) is 4.79 Å². The summed E-state index contributed by atoms with van der Waals surface area (Å²) in [6.07, 6.45) is 3.58. The van der Waals surface area contributed by atoms with Crippen LogP contribution >= 0.6 is 15.9 Å². The minimum absolute atomic E-state index is 0.0301. The van der Waals surface area contributed by atoms with Gasteiger partial charge in [-0.05, 0) is 92.9 Å². The number of hydrogen-bond acceptors (Lipinski definition) is 4. The number of nitrogens with zero attached hydrogens (tertiary/aromatic N) is 3. The fraction of sp³-hybridized carbons (Fsp3) is 0.615. The highest BCUT2D eigenvalue weighted by molar-refractivity contribution is 9.10. The van der Waals surface area contributed by atoms with E-state index in [1.165, 1.54) is 21.4 Å². The first kappa shape index (κ1) is 25.2. The Labute approximate surface area is 211 Å². The molecule has 0 radical (unpaired) electrons. The summed E-state index contributed by atoms with van der Waals surface area (Å²) in [5.41, 5.74) is 3.84. The van der Waals surface area contributed by atoms with Crippen molar-refractivity contribution < 1.29 is 9.59 Å². The highest BCUT2D eigenvalue weighted by Crippen LogP contribution is 2.47. The van der Waals surface area contributed by atoms with Gasteiger partial charge in [0, 0.05) is 42.5 Å². The number of carbonyl (C=O) groups is 2. The van der Waals surface area contributed by atoms with Crippen molar-refractivity contribution in [2.24, 2.45) is 5.92 Å². The van der Waals surface area contributed by atoms with Gasteiger partial charge < -0.3 is 15.2 Å². The van der Waals surface area contributed by atoms with Crippen LogP contribution in [0.1, 0.15) is 50.2 Å². The van der Waals surface area contributed by atoms with E-state index >= 15 is 0 Å². The second-order valence-electron chi connectivity index (χ2n) is 9.98. The van der Waals surface area contributed by atoms with E-state index in [0.29, 0.717) is 25.7 Å². The third-order valence-electron chi connectivity index (χ3n) is 7.33. The maximum atomic E-state index is 13.8. The lowest BCUT2D eigenvalue weighted by molar-refractivity contribution is -0.135. The molecular formula is C26H38BrN5O2. The number of aromatic nitrogens is 1. The molecule has 1 saturated heterocycles. The number of urea groups is 1. The number of piperidine rings is 1. The normalized spacial score (nSPS) is 22.1. The molecule has 0 bridgehead atoms. The second kappa shape index (κ2) is 10.8. The van der Waals surface area contributed by atoms with E-state index in [4.69, 9.17) is 0 Å². The third-order valence-corrected chi connectivity index (χ3v) is 8.01. The van der Waals surface area contributed by atoms with Gasteiger partial charge in [-0.1, -0.05) is 19.1 Å². The number of halogens is 1. The van der Waals surface area contributed by atoms with Gasteiger partial charge in [0.2, 0.25) is 5.91 Å². The number of imide groups is 1. The van der Waals surface area contributed by atoms with Crippen molar-refractivity contribution in [2.45, 2.75) is 51.5 Å². The summed E-state index contributed by atoms with van der Waals surface area (Å²) in [5.74, 6) is 0.0671. The fourth-order valence-corrected chi connectivity index (χ4v) is 6.46. The van der Waals surface area contributed by atoms with Gasteiger partial charge in [-0.15, -0.1) is 0 Å². The molecular weight excluding hydrogens is 494 g/mol. The monoisotopic (exact) mass is 531 g/mol. The van der Waals surface area contributed by atoms with E-state index in [1.807, 2.05) is 21.0 Å². The SMILES string of the molecule is CCCN1C[C@H](C(=O)N(CCCN(C)C)C(=O)NCC)CC2c3cccc4[nH]c(Br)c(c34)C[C@H]21. The lowest BCUT2D eigenvalue weighted by Crippen LogP contribution is -2.55. The van der Waals surface area contributed by atoms with Gasteiger partial charge in [-0.3, -0.25) is 14.6 Å². The molecule has 2 aromatic rings. The number of benzene rings is 1. The van der Waals surface area contributed by atoms with E-state index in [9.17, 15) is 9.59 Å². The topological polar surface area (TPSA) is 71.7 Å². The number of nitrogens with one attached hydrogen (secondary N) is 2. The molecule has 1 aliphatic heterocycles. The average molecular weight is 533 g/mol. The Morgan fingerprint density at radius 1 is 1.24 bits per heavy atom. The van der Waals surface area contributed by atoms with Crippen LogP contribution in [-0.4, -0.2) is 84.5 Å². The molecule has 34 heavy (non-hydrogen) atoms. The van der Waals surface area contributed by atoms with Crippen LogP contribution in [-0.2, 0) is 11.2 Å². The molecule has 1 fully saturated rings. The van der Waals surface area contributed by atoms with Crippen LogP contribution in [0.3, 0.4) is 0 Å². The van der Waals surface area contributed by atoms with Gasteiger partial charge in [0.15, 0.2) is 0 Å².